The molecule has 0 bridgehead atoms. The summed E-state index contributed by atoms with van der Waals surface area (Å²) in [6, 6.07) is 0. The molecule has 0 aromatic carbocycles. The van der Waals surface area contributed by atoms with Gasteiger partial charge in [-0.15, -0.1) is 0 Å². The van der Waals surface area contributed by atoms with Gasteiger partial charge in [0.2, 0.25) is 20.6 Å². The van der Waals surface area contributed by atoms with Crippen LogP contribution >= 0.6 is 10.7 Å². The minimum atomic E-state index is -4.12. The lowest BCUT2D eigenvalue weighted by molar-refractivity contribution is -0.146. The van der Waals surface area contributed by atoms with E-state index in [1.807, 2.05) is 0 Å². The fraction of sp³-hybridized carbons (Fsp3) is 0.600. The quantitative estimate of drug-likeness (QED) is 0.405. The van der Waals surface area contributed by atoms with Gasteiger partial charge in [0.1, 0.15) is 5.75 Å². The van der Waals surface area contributed by atoms with Gasteiger partial charge in [0.15, 0.2) is 0 Å². The van der Waals surface area contributed by atoms with Crippen molar-refractivity contribution in [3.63, 3.8) is 0 Å². The van der Waals surface area contributed by atoms with Crippen molar-refractivity contribution >= 4 is 31.6 Å². The maximum atomic E-state index is 10.6. The molecule has 0 aromatic heterocycles. The fourth-order valence-electron chi connectivity index (χ4n) is 0.737. The van der Waals surface area contributed by atoms with Gasteiger partial charge < -0.3 is 10.4 Å². The lowest BCUT2D eigenvalue weighted by Crippen LogP contribution is -2.64. The van der Waals surface area contributed by atoms with Crippen LogP contribution in [-0.4, -0.2) is 36.8 Å². The van der Waals surface area contributed by atoms with Crippen LogP contribution in [0.2, 0.25) is 0 Å². The molecule has 0 saturated heterocycles. The molecular weight excluding hydrogens is 236 g/mol. The Kier molecular flexibility index (Phi) is 3.86. The van der Waals surface area contributed by atoms with E-state index in [0.717, 1.165) is 6.92 Å². The fourth-order valence-corrected chi connectivity index (χ4v) is 1.99. The van der Waals surface area contributed by atoms with E-state index in [1.54, 1.807) is 5.32 Å². The van der Waals surface area contributed by atoms with E-state index >= 15 is 0 Å². The zero-order chi connectivity index (χ0) is 11.6. The molecule has 1 unspecified atom stereocenters. The molecule has 7 nitrogen and oxygen atoms in total. The molecule has 0 rings (SSSR count). The van der Waals surface area contributed by atoms with Crippen LogP contribution < -0.4 is 11.1 Å². The molecule has 4 N–H and O–H groups in total. The first-order valence-electron chi connectivity index (χ1n) is 3.30. The number of nitrogens with one attached hydrogen (secondary N) is 1. The normalized spacial score (nSPS) is 15.6. The first kappa shape index (κ1) is 13.1. The van der Waals surface area contributed by atoms with E-state index < -0.39 is 32.3 Å². The van der Waals surface area contributed by atoms with Crippen LogP contribution in [0.25, 0.3) is 0 Å². The number of halogens is 1. The van der Waals surface area contributed by atoms with Gasteiger partial charge in [-0.25, -0.2) is 13.2 Å². The third-order valence-electron chi connectivity index (χ3n) is 1.18. The Balaban J connectivity index is 4.92. The smallest absolute Gasteiger partial charge is 0.345 e. The molecule has 1 amide bonds. The first-order chi connectivity index (χ1) is 6.07. The highest BCUT2D eigenvalue weighted by molar-refractivity contribution is 8.13. The van der Waals surface area contributed by atoms with Crippen molar-refractivity contribution < 1.29 is 23.1 Å². The van der Waals surface area contributed by atoms with Crippen LogP contribution in [0.4, 0.5) is 0 Å². The summed E-state index contributed by atoms with van der Waals surface area (Å²) in [5.41, 5.74) is 2.74. The van der Waals surface area contributed by atoms with Crippen molar-refractivity contribution in [2.45, 2.75) is 12.6 Å². The van der Waals surface area contributed by atoms with Crippen LogP contribution in [0.15, 0.2) is 0 Å². The minimum absolute atomic E-state index is 0.768. The number of carbonyl (C=O) groups is 2. The summed E-state index contributed by atoms with van der Waals surface area (Å²) in [5.74, 6) is -3.54. The van der Waals surface area contributed by atoms with Gasteiger partial charge in [0, 0.05) is 17.6 Å². The van der Waals surface area contributed by atoms with Crippen molar-refractivity contribution in [2.75, 3.05) is 5.75 Å². The number of carbonyl (C=O) groups excluding carboxylic acids is 1. The molecule has 0 heterocycles. The van der Waals surface area contributed by atoms with E-state index in [2.05, 4.69) is 0 Å². The molecule has 9 heteroatoms. The molecule has 0 spiro atoms. The van der Waals surface area contributed by atoms with E-state index in [4.69, 9.17) is 21.5 Å². The van der Waals surface area contributed by atoms with E-state index in [0.29, 0.717) is 0 Å². The zero-order valence-electron chi connectivity index (χ0n) is 7.15. The number of aliphatic carboxylic acids is 1. The molecule has 0 aliphatic heterocycles. The highest BCUT2D eigenvalue weighted by Crippen LogP contribution is 2.06. The molecule has 82 valence electrons. The van der Waals surface area contributed by atoms with E-state index in [-0.39, 0.29) is 0 Å². The van der Waals surface area contributed by atoms with Gasteiger partial charge >= 0.3 is 5.97 Å². The monoisotopic (exact) mass is 244 g/mol. The first-order valence-corrected chi connectivity index (χ1v) is 5.78. The average molecular weight is 245 g/mol. The lowest BCUT2D eigenvalue weighted by atomic mass is 10.2. The second-order valence-corrected chi connectivity index (χ2v) is 5.42. The SMILES string of the molecule is CC(=O)NC(N)(CS(=O)(=O)Cl)C(=O)O. The van der Waals surface area contributed by atoms with Crippen molar-refractivity contribution in [1.29, 1.82) is 0 Å². The molecule has 0 aliphatic carbocycles. The molecule has 14 heavy (non-hydrogen) atoms. The van der Waals surface area contributed by atoms with Gasteiger partial charge in [-0.2, -0.15) is 0 Å². The van der Waals surface area contributed by atoms with Gasteiger partial charge in [-0.3, -0.25) is 10.5 Å². The van der Waals surface area contributed by atoms with Crippen LogP contribution in [0, 0.1) is 0 Å². The van der Waals surface area contributed by atoms with E-state index in [9.17, 15) is 18.0 Å². The standard InChI is InChI=1S/C5H9ClN2O5S/c1-3(9)8-5(7,4(10)11)2-14(6,12)13/h2,7H2,1H3,(H,8,9)(H,10,11). The maximum Gasteiger partial charge on any atom is 0.345 e. The number of rotatable bonds is 4. The number of amides is 1. The van der Waals surface area contributed by atoms with Crippen LogP contribution in [0.3, 0.4) is 0 Å². The summed E-state index contributed by atoms with van der Waals surface area (Å²) in [4.78, 5) is 21.1. The highest BCUT2D eigenvalue weighted by atomic mass is 35.7. The van der Waals surface area contributed by atoms with Gasteiger partial charge in [0.25, 0.3) is 0 Å². The maximum absolute atomic E-state index is 10.6. The Bertz CT molecular complexity index is 353. The summed E-state index contributed by atoms with van der Waals surface area (Å²) in [6.07, 6.45) is 0. The largest absolute Gasteiger partial charge is 0.478 e. The molecule has 0 fully saturated rings. The Morgan fingerprint density at radius 3 is 2.21 bits per heavy atom. The van der Waals surface area contributed by atoms with Gasteiger partial charge in [0.05, 0.1) is 0 Å². The van der Waals surface area contributed by atoms with Crippen molar-refractivity contribution in [3.05, 3.63) is 0 Å². The number of hydrogen-bond donors (Lipinski definition) is 3. The number of nitrogens with two attached hydrogens (primary N) is 1. The Labute approximate surface area is 84.6 Å². The second kappa shape index (κ2) is 4.11. The zero-order valence-corrected chi connectivity index (χ0v) is 8.72. The Morgan fingerprint density at radius 1 is 1.57 bits per heavy atom. The molecule has 0 saturated carbocycles. The van der Waals surface area contributed by atoms with Crippen molar-refractivity contribution in [1.82, 2.24) is 5.32 Å². The summed E-state index contributed by atoms with van der Waals surface area (Å²) in [7, 11) is 0.702. The molecule has 0 aromatic rings. The predicted molar refractivity (Wildman–Crippen MR) is 48.0 cm³/mol. The molecule has 1 atom stereocenters. The topological polar surface area (TPSA) is 127 Å². The van der Waals surface area contributed by atoms with E-state index in [1.165, 1.54) is 0 Å². The third-order valence-corrected chi connectivity index (χ3v) is 2.31. The number of carboxylic acid groups (broad SMARTS) is 1. The number of carboxylic acids is 1. The Hall–Kier alpha value is -0.860. The van der Waals surface area contributed by atoms with Crippen molar-refractivity contribution in [3.8, 4) is 0 Å². The predicted octanol–water partition coefficient (Wildman–Crippen LogP) is -1.57. The van der Waals surface area contributed by atoms with Crippen molar-refractivity contribution in [2.24, 2.45) is 5.73 Å². The Morgan fingerprint density at radius 2 is 2.00 bits per heavy atom. The number of hydrogen-bond acceptors (Lipinski definition) is 5. The highest BCUT2D eigenvalue weighted by Gasteiger charge is 2.39. The summed E-state index contributed by atoms with van der Waals surface area (Å²) in [6.45, 7) is 1.01. The molecule has 0 radical (unpaired) electrons. The third kappa shape index (κ3) is 4.40. The van der Waals surface area contributed by atoms with Crippen LogP contribution in [0.5, 0.6) is 0 Å². The van der Waals surface area contributed by atoms with Crippen LogP contribution in [0.1, 0.15) is 6.92 Å². The van der Waals surface area contributed by atoms with Gasteiger partial charge in [-0.1, -0.05) is 0 Å². The second-order valence-electron chi connectivity index (χ2n) is 2.64. The average Bonchev–Trinajstić information content (AvgIpc) is 1.79. The lowest BCUT2D eigenvalue weighted by Gasteiger charge is -2.23. The summed E-state index contributed by atoms with van der Waals surface area (Å²) >= 11 is 0. The van der Waals surface area contributed by atoms with Crippen LogP contribution in [-0.2, 0) is 18.6 Å². The van der Waals surface area contributed by atoms with Gasteiger partial charge in [-0.05, 0) is 0 Å². The molecular formula is C5H9ClN2O5S. The molecule has 0 aliphatic rings. The minimum Gasteiger partial charge on any atom is -0.478 e. The summed E-state index contributed by atoms with van der Waals surface area (Å²) < 4.78 is 21.2. The summed E-state index contributed by atoms with van der Waals surface area (Å²) in [5, 5.41) is 10.4.